The van der Waals surface area contributed by atoms with Gasteiger partial charge in [0.2, 0.25) is 5.89 Å². The number of benzene rings is 1. The highest BCUT2D eigenvalue weighted by Gasteiger charge is 2.18. The summed E-state index contributed by atoms with van der Waals surface area (Å²) in [4.78, 5) is 9.77. The van der Waals surface area contributed by atoms with Crippen LogP contribution in [0.2, 0.25) is 10.0 Å². The zero-order valence-electron chi connectivity index (χ0n) is 15.8. The lowest BCUT2D eigenvalue weighted by Crippen LogP contribution is -2.00. The van der Waals surface area contributed by atoms with Crippen molar-refractivity contribution in [1.29, 1.82) is 0 Å². The number of hydrogen-bond donors (Lipinski definition) is 0. The van der Waals surface area contributed by atoms with E-state index in [4.69, 9.17) is 27.6 Å². The van der Waals surface area contributed by atoms with Gasteiger partial charge in [0.05, 0.1) is 26.3 Å². The maximum absolute atomic E-state index is 6.28. The highest BCUT2D eigenvalue weighted by atomic mass is 35.5. The third-order valence-electron chi connectivity index (χ3n) is 4.35. The van der Waals surface area contributed by atoms with Crippen LogP contribution in [-0.4, -0.2) is 24.7 Å². The molecule has 6 nitrogen and oxygen atoms in total. The van der Waals surface area contributed by atoms with Crippen molar-refractivity contribution in [3.05, 3.63) is 82.2 Å². The van der Waals surface area contributed by atoms with Gasteiger partial charge in [0.25, 0.3) is 0 Å². The molecule has 4 heterocycles. The second-order valence-corrected chi connectivity index (χ2v) is 9.10. The van der Waals surface area contributed by atoms with Crippen LogP contribution in [0.5, 0.6) is 0 Å². The predicted octanol–water partition coefficient (Wildman–Crippen LogP) is 6.64. The van der Waals surface area contributed by atoms with Gasteiger partial charge in [-0.3, -0.25) is 9.55 Å². The van der Waals surface area contributed by atoms with E-state index in [1.807, 2.05) is 40.3 Å². The molecule has 5 aromatic rings. The van der Waals surface area contributed by atoms with Crippen LogP contribution in [-0.2, 0) is 5.75 Å². The van der Waals surface area contributed by atoms with Crippen LogP contribution in [0, 0.1) is 0 Å². The van der Waals surface area contributed by atoms with E-state index < -0.39 is 0 Å². The quantitative estimate of drug-likeness (QED) is 0.251. The van der Waals surface area contributed by atoms with E-state index in [9.17, 15) is 0 Å². The van der Waals surface area contributed by atoms with Crippen LogP contribution >= 0.6 is 46.3 Å². The van der Waals surface area contributed by atoms with Crippen molar-refractivity contribution >= 4 is 46.3 Å². The summed E-state index contributed by atoms with van der Waals surface area (Å²) >= 11 is 15.5. The molecule has 0 atom stereocenters. The van der Waals surface area contributed by atoms with E-state index in [1.54, 1.807) is 42.1 Å². The number of oxazole rings is 1. The highest BCUT2D eigenvalue weighted by Crippen LogP contribution is 2.33. The molecule has 0 aliphatic rings. The molecular formula is C21H13Cl2N5OS2. The van der Waals surface area contributed by atoms with Gasteiger partial charge in [0.1, 0.15) is 6.26 Å². The molecule has 0 radical (unpaired) electrons. The van der Waals surface area contributed by atoms with E-state index in [-0.39, 0.29) is 0 Å². The summed E-state index contributed by atoms with van der Waals surface area (Å²) in [5.74, 6) is 1.85. The molecule has 0 N–H and O–H groups in total. The molecule has 0 aliphatic carbocycles. The fourth-order valence-corrected chi connectivity index (χ4v) is 4.70. The molecule has 31 heavy (non-hydrogen) atoms. The second kappa shape index (κ2) is 8.84. The smallest absolute Gasteiger partial charge is 0.236 e. The minimum absolute atomic E-state index is 0.457. The summed E-state index contributed by atoms with van der Waals surface area (Å²) in [5, 5.41) is 12.4. The van der Waals surface area contributed by atoms with Gasteiger partial charge in [0, 0.05) is 23.7 Å². The van der Waals surface area contributed by atoms with Crippen LogP contribution < -0.4 is 0 Å². The lowest BCUT2D eigenvalue weighted by atomic mass is 10.2. The third-order valence-corrected chi connectivity index (χ3v) is 6.91. The molecule has 5 rings (SSSR count). The molecule has 0 aliphatic heterocycles. The van der Waals surface area contributed by atoms with E-state index in [0.29, 0.717) is 32.7 Å². The second-order valence-electron chi connectivity index (χ2n) is 6.39. The van der Waals surface area contributed by atoms with Crippen LogP contribution in [0.1, 0.15) is 5.69 Å². The monoisotopic (exact) mass is 485 g/mol. The van der Waals surface area contributed by atoms with Crippen molar-refractivity contribution < 1.29 is 4.42 Å². The average Bonchev–Trinajstić information content (AvgIpc) is 3.55. The summed E-state index contributed by atoms with van der Waals surface area (Å²) < 4.78 is 7.55. The fraction of sp³-hybridized carbons (Fsp3) is 0.0476. The Morgan fingerprint density at radius 3 is 2.77 bits per heavy atom. The Morgan fingerprint density at radius 2 is 2.00 bits per heavy atom. The van der Waals surface area contributed by atoms with Gasteiger partial charge in [-0.25, -0.2) is 4.98 Å². The normalized spacial score (nSPS) is 11.2. The molecule has 154 valence electrons. The summed E-state index contributed by atoms with van der Waals surface area (Å²) in [5.41, 5.74) is 2.47. The lowest BCUT2D eigenvalue weighted by Gasteiger charge is -2.11. The fourth-order valence-electron chi connectivity index (χ4n) is 2.93. The summed E-state index contributed by atoms with van der Waals surface area (Å²) in [6.07, 6.45) is 5.14. The first-order chi connectivity index (χ1) is 15.2. The average molecular weight is 486 g/mol. The Labute approximate surface area is 195 Å². The number of pyridine rings is 1. The molecule has 0 saturated carbocycles. The maximum Gasteiger partial charge on any atom is 0.236 e. The lowest BCUT2D eigenvalue weighted by molar-refractivity contribution is 0.575. The van der Waals surface area contributed by atoms with Gasteiger partial charge in [-0.15, -0.1) is 21.5 Å². The maximum atomic E-state index is 6.28. The molecule has 0 unspecified atom stereocenters. The Bertz CT molecular complexity index is 1320. The Hall–Kier alpha value is -2.65. The predicted molar refractivity (Wildman–Crippen MR) is 124 cm³/mol. The highest BCUT2D eigenvalue weighted by molar-refractivity contribution is 7.98. The summed E-state index contributed by atoms with van der Waals surface area (Å²) in [6, 6.07) is 13.2. The first kappa shape index (κ1) is 20.3. The number of hydrogen-bond acceptors (Lipinski definition) is 7. The molecule has 0 saturated heterocycles. The van der Waals surface area contributed by atoms with Crippen LogP contribution in [0.3, 0.4) is 0 Å². The van der Waals surface area contributed by atoms with Crippen LogP contribution in [0.15, 0.2) is 76.1 Å². The van der Waals surface area contributed by atoms with E-state index in [0.717, 1.165) is 21.8 Å². The minimum Gasteiger partial charge on any atom is -0.444 e. The van der Waals surface area contributed by atoms with Gasteiger partial charge in [-0.05, 0) is 41.8 Å². The van der Waals surface area contributed by atoms with Crippen molar-refractivity contribution in [2.24, 2.45) is 0 Å². The van der Waals surface area contributed by atoms with Crippen molar-refractivity contribution in [3.8, 4) is 27.8 Å². The number of halogens is 2. The van der Waals surface area contributed by atoms with Crippen LogP contribution in [0.4, 0.5) is 0 Å². The van der Waals surface area contributed by atoms with Gasteiger partial charge in [-0.2, -0.15) is 0 Å². The number of thiophene rings is 1. The molecule has 0 spiro atoms. The van der Waals surface area contributed by atoms with E-state index >= 15 is 0 Å². The van der Waals surface area contributed by atoms with Crippen molar-refractivity contribution in [2.45, 2.75) is 10.9 Å². The number of aromatic nitrogens is 5. The van der Waals surface area contributed by atoms with E-state index in [1.165, 1.54) is 11.8 Å². The molecule has 10 heteroatoms. The van der Waals surface area contributed by atoms with Gasteiger partial charge in [0.15, 0.2) is 11.0 Å². The molecule has 1 aromatic carbocycles. The Kier molecular flexibility index (Phi) is 5.78. The largest absolute Gasteiger partial charge is 0.444 e. The first-order valence-corrected chi connectivity index (χ1v) is 11.7. The third kappa shape index (κ3) is 4.24. The standard InChI is InChI=1S/C21H13Cl2N5OS2/c22-16-6-5-15(9-17(16)23)28-19(13-3-1-7-24-10-13)26-27-21(28)31-12-14-11-29-20(25-14)18-4-2-8-30-18/h1-11H,12H2. The molecule has 0 fully saturated rings. The molecule has 0 bridgehead atoms. The van der Waals surface area contributed by atoms with Gasteiger partial charge in [-0.1, -0.05) is 41.0 Å². The topological polar surface area (TPSA) is 69.6 Å². The number of rotatable bonds is 6. The van der Waals surface area contributed by atoms with Crippen molar-refractivity contribution in [1.82, 2.24) is 24.7 Å². The van der Waals surface area contributed by atoms with Crippen LogP contribution in [0.25, 0.3) is 27.8 Å². The van der Waals surface area contributed by atoms with Crippen molar-refractivity contribution in [2.75, 3.05) is 0 Å². The zero-order chi connectivity index (χ0) is 21.2. The van der Waals surface area contributed by atoms with Gasteiger partial charge >= 0.3 is 0 Å². The zero-order valence-corrected chi connectivity index (χ0v) is 18.9. The number of nitrogens with zero attached hydrogens (tertiary/aromatic N) is 5. The minimum atomic E-state index is 0.457. The van der Waals surface area contributed by atoms with Crippen molar-refractivity contribution in [3.63, 3.8) is 0 Å². The van der Waals surface area contributed by atoms with E-state index in [2.05, 4.69) is 20.2 Å². The SMILES string of the molecule is Clc1ccc(-n2c(SCc3coc(-c4cccs4)n3)nnc2-c2cccnc2)cc1Cl. The number of thioether (sulfide) groups is 1. The first-order valence-electron chi connectivity index (χ1n) is 9.11. The Morgan fingerprint density at radius 1 is 1.06 bits per heavy atom. The Balaban J connectivity index is 1.48. The molecule has 4 aromatic heterocycles. The summed E-state index contributed by atoms with van der Waals surface area (Å²) in [6.45, 7) is 0. The molecular weight excluding hydrogens is 473 g/mol. The van der Waals surface area contributed by atoms with Gasteiger partial charge < -0.3 is 4.42 Å². The molecule has 0 amide bonds. The summed E-state index contributed by atoms with van der Waals surface area (Å²) in [7, 11) is 0.